The molecule has 128 valence electrons. The average molecular weight is 401 g/mol. The van der Waals surface area contributed by atoms with Crippen LogP contribution in [-0.4, -0.2) is 24.1 Å². The highest BCUT2D eigenvalue weighted by Gasteiger charge is 2.35. The number of halogens is 1. The number of hydrogen-bond acceptors (Lipinski definition) is 5. The molecule has 0 saturated carbocycles. The number of nitrogens with zero attached hydrogens (tertiary/aromatic N) is 2. The Morgan fingerprint density at radius 1 is 1.20 bits per heavy atom. The van der Waals surface area contributed by atoms with Crippen LogP contribution in [0.15, 0.2) is 64.2 Å². The lowest BCUT2D eigenvalue weighted by Gasteiger charge is -2.33. The van der Waals surface area contributed by atoms with Gasteiger partial charge in [-0.3, -0.25) is 9.80 Å². The van der Waals surface area contributed by atoms with Crippen LogP contribution in [0.1, 0.15) is 24.9 Å². The number of esters is 1. The summed E-state index contributed by atoms with van der Waals surface area (Å²) in [7, 11) is 0. The second-order valence-corrected chi connectivity index (χ2v) is 6.46. The van der Waals surface area contributed by atoms with Gasteiger partial charge in [0.1, 0.15) is 0 Å². The molecule has 0 amide bonds. The van der Waals surface area contributed by atoms with E-state index >= 15 is 0 Å². The summed E-state index contributed by atoms with van der Waals surface area (Å²) in [6.07, 6.45) is 0.164. The summed E-state index contributed by atoms with van der Waals surface area (Å²) in [5.41, 5.74) is 1.61. The fourth-order valence-corrected chi connectivity index (χ4v) is 2.98. The van der Waals surface area contributed by atoms with Crippen molar-refractivity contribution < 1.29 is 14.3 Å². The molecule has 3 rings (SSSR count). The third kappa shape index (κ3) is 3.79. The number of ether oxygens (including phenoxy) is 1. The van der Waals surface area contributed by atoms with E-state index in [0.717, 1.165) is 15.7 Å². The van der Waals surface area contributed by atoms with E-state index < -0.39 is 5.97 Å². The maximum absolute atomic E-state index is 12.5. The zero-order valence-electron chi connectivity index (χ0n) is 13.7. The Morgan fingerprint density at radius 3 is 2.52 bits per heavy atom. The Morgan fingerprint density at radius 2 is 1.88 bits per heavy atom. The lowest BCUT2D eigenvalue weighted by atomic mass is 9.96. The van der Waals surface area contributed by atoms with Gasteiger partial charge in [0.05, 0.1) is 18.3 Å². The molecule has 0 saturated heterocycles. The molecular formula is C19H17BrN2O3. The molecule has 0 radical (unpaired) electrons. The van der Waals surface area contributed by atoms with Gasteiger partial charge < -0.3 is 4.74 Å². The highest BCUT2D eigenvalue weighted by molar-refractivity contribution is 9.10. The minimum atomic E-state index is -0.680. The van der Waals surface area contributed by atoms with Gasteiger partial charge in [-0.15, -0.1) is 0 Å². The molecule has 2 aromatic rings. The number of anilines is 1. The summed E-state index contributed by atoms with van der Waals surface area (Å²) in [4.78, 5) is 24.5. The van der Waals surface area contributed by atoms with Gasteiger partial charge >= 0.3 is 5.97 Å². The summed E-state index contributed by atoms with van der Waals surface area (Å²) in [5, 5.41) is 6.07. The number of ketones is 1. The maximum Gasteiger partial charge on any atom is 0.362 e. The Hall–Kier alpha value is -2.47. The van der Waals surface area contributed by atoms with E-state index in [1.807, 2.05) is 54.6 Å². The number of hydrazone groups is 1. The van der Waals surface area contributed by atoms with Crippen LogP contribution in [0.2, 0.25) is 0 Å². The summed E-state index contributed by atoms with van der Waals surface area (Å²) in [6, 6.07) is 17.0. The first kappa shape index (κ1) is 17.4. The van der Waals surface area contributed by atoms with Gasteiger partial charge in [-0.2, -0.15) is 5.10 Å². The molecule has 1 aliphatic heterocycles. The predicted molar refractivity (Wildman–Crippen MR) is 99.5 cm³/mol. The molecule has 6 heteroatoms. The third-order valence-corrected chi connectivity index (χ3v) is 4.42. The predicted octanol–water partition coefficient (Wildman–Crippen LogP) is 3.89. The first-order valence-corrected chi connectivity index (χ1v) is 8.78. The van der Waals surface area contributed by atoms with Gasteiger partial charge in [0.25, 0.3) is 0 Å². The maximum atomic E-state index is 12.5. The standard InChI is InChI=1S/C19H17BrN2O3/c1-2-25-19(24)18-17(23)12-16(13-6-4-3-5-7-13)22(21-18)15-10-8-14(20)9-11-15/h3-11,16H,2,12H2,1H3/t16-/m0/s1. The molecule has 1 atom stereocenters. The number of rotatable bonds is 4. The van der Waals surface area contributed by atoms with Crippen molar-refractivity contribution in [2.24, 2.45) is 5.10 Å². The zero-order valence-corrected chi connectivity index (χ0v) is 15.3. The molecule has 1 aliphatic rings. The summed E-state index contributed by atoms with van der Waals surface area (Å²) in [6.45, 7) is 1.90. The van der Waals surface area contributed by atoms with E-state index in [4.69, 9.17) is 4.74 Å². The monoisotopic (exact) mass is 400 g/mol. The van der Waals surface area contributed by atoms with Crippen LogP contribution in [0.3, 0.4) is 0 Å². The fraction of sp³-hybridized carbons (Fsp3) is 0.211. The Bertz CT molecular complexity index is 803. The minimum Gasteiger partial charge on any atom is -0.461 e. The molecule has 0 fully saturated rings. The quantitative estimate of drug-likeness (QED) is 0.730. The van der Waals surface area contributed by atoms with Crippen molar-refractivity contribution in [3.8, 4) is 0 Å². The van der Waals surface area contributed by atoms with E-state index in [1.165, 1.54) is 0 Å². The van der Waals surface area contributed by atoms with Crippen LogP contribution in [-0.2, 0) is 14.3 Å². The Kier molecular flexibility index (Phi) is 5.28. The van der Waals surface area contributed by atoms with Crippen molar-refractivity contribution in [1.82, 2.24) is 0 Å². The fourth-order valence-electron chi connectivity index (χ4n) is 2.71. The van der Waals surface area contributed by atoms with E-state index in [9.17, 15) is 9.59 Å². The van der Waals surface area contributed by atoms with Crippen molar-refractivity contribution in [2.45, 2.75) is 19.4 Å². The van der Waals surface area contributed by atoms with Crippen molar-refractivity contribution >= 4 is 39.1 Å². The second-order valence-electron chi connectivity index (χ2n) is 5.54. The second kappa shape index (κ2) is 7.61. The normalized spacial score (nSPS) is 17.2. The van der Waals surface area contributed by atoms with Gasteiger partial charge in [-0.05, 0) is 36.8 Å². The van der Waals surface area contributed by atoms with Crippen molar-refractivity contribution in [2.75, 3.05) is 11.6 Å². The van der Waals surface area contributed by atoms with Crippen LogP contribution in [0.5, 0.6) is 0 Å². The first-order chi connectivity index (χ1) is 12.1. The summed E-state index contributed by atoms with van der Waals surface area (Å²) < 4.78 is 5.91. The molecule has 25 heavy (non-hydrogen) atoms. The van der Waals surface area contributed by atoms with Crippen molar-refractivity contribution in [3.63, 3.8) is 0 Å². The number of Topliss-reactive ketones (excluding diaryl/α,β-unsaturated/α-hetero) is 1. The molecule has 5 nitrogen and oxygen atoms in total. The summed E-state index contributed by atoms with van der Waals surface area (Å²) >= 11 is 3.41. The third-order valence-electron chi connectivity index (χ3n) is 3.89. The van der Waals surface area contributed by atoms with Crippen LogP contribution in [0.25, 0.3) is 0 Å². The lowest BCUT2D eigenvalue weighted by molar-refractivity contribution is -0.135. The van der Waals surface area contributed by atoms with Crippen LogP contribution in [0, 0.1) is 0 Å². The molecule has 0 aromatic heterocycles. The van der Waals surface area contributed by atoms with Crippen molar-refractivity contribution in [3.05, 3.63) is 64.6 Å². The van der Waals surface area contributed by atoms with Crippen LogP contribution >= 0.6 is 15.9 Å². The van der Waals surface area contributed by atoms with E-state index in [0.29, 0.717) is 0 Å². The lowest BCUT2D eigenvalue weighted by Crippen LogP contribution is -2.39. The minimum absolute atomic E-state index is 0.156. The molecule has 0 spiro atoms. The van der Waals surface area contributed by atoms with Gasteiger partial charge in [0.15, 0.2) is 5.78 Å². The number of carbonyl (C=O) groups is 2. The van der Waals surface area contributed by atoms with E-state index in [2.05, 4.69) is 21.0 Å². The van der Waals surface area contributed by atoms with Gasteiger partial charge in [-0.25, -0.2) is 4.79 Å². The van der Waals surface area contributed by atoms with Gasteiger partial charge in [0.2, 0.25) is 5.71 Å². The Balaban J connectivity index is 2.05. The number of carbonyl (C=O) groups excluding carboxylic acids is 2. The number of hydrogen-bond donors (Lipinski definition) is 0. The average Bonchev–Trinajstić information content (AvgIpc) is 2.63. The Labute approximate surface area is 154 Å². The number of benzene rings is 2. The highest BCUT2D eigenvalue weighted by atomic mass is 79.9. The van der Waals surface area contributed by atoms with Gasteiger partial charge in [-0.1, -0.05) is 46.3 Å². The van der Waals surface area contributed by atoms with E-state index in [-0.39, 0.29) is 30.6 Å². The van der Waals surface area contributed by atoms with Crippen molar-refractivity contribution in [1.29, 1.82) is 0 Å². The molecule has 0 aliphatic carbocycles. The zero-order chi connectivity index (χ0) is 17.8. The topological polar surface area (TPSA) is 59.0 Å². The molecule has 2 aromatic carbocycles. The van der Waals surface area contributed by atoms with E-state index in [1.54, 1.807) is 11.9 Å². The van der Waals surface area contributed by atoms with Crippen LogP contribution in [0.4, 0.5) is 5.69 Å². The largest absolute Gasteiger partial charge is 0.461 e. The SMILES string of the molecule is CCOC(=O)C1=NN(c2ccc(Br)cc2)[C@H](c2ccccc2)CC1=O. The smallest absolute Gasteiger partial charge is 0.362 e. The molecule has 0 N–H and O–H groups in total. The van der Waals surface area contributed by atoms with Crippen LogP contribution < -0.4 is 5.01 Å². The molecule has 0 bridgehead atoms. The molecular weight excluding hydrogens is 384 g/mol. The summed E-state index contributed by atoms with van der Waals surface area (Å²) in [5.74, 6) is -0.984. The first-order valence-electron chi connectivity index (χ1n) is 7.99. The molecule has 1 heterocycles. The molecule has 0 unspecified atom stereocenters. The van der Waals surface area contributed by atoms with Gasteiger partial charge in [0, 0.05) is 10.9 Å². The highest BCUT2D eigenvalue weighted by Crippen LogP contribution is 2.34.